The van der Waals surface area contributed by atoms with E-state index < -0.39 is 6.29 Å². The van der Waals surface area contributed by atoms with Crippen molar-refractivity contribution in [3.05, 3.63) is 47.4 Å². The number of hydrogen-bond acceptors (Lipinski definition) is 4. The van der Waals surface area contributed by atoms with Gasteiger partial charge in [0, 0.05) is 24.2 Å². The van der Waals surface area contributed by atoms with E-state index in [0.717, 1.165) is 11.3 Å². The first-order valence-corrected chi connectivity index (χ1v) is 6.44. The lowest BCUT2D eigenvalue weighted by Gasteiger charge is -2.14. The van der Waals surface area contributed by atoms with E-state index in [1.165, 1.54) is 6.33 Å². The first kappa shape index (κ1) is 13.9. The fraction of sp³-hybridized carbons (Fsp3) is 0.286. The van der Waals surface area contributed by atoms with Gasteiger partial charge in [-0.1, -0.05) is 41.9 Å². The highest BCUT2D eigenvalue weighted by Gasteiger charge is 2.15. The van der Waals surface area contributed by atoms with Crippen LogP contribution in [0.3, 0.4) is 0 Å². The summed E-state index contributed by atoms with van der Waals surface area (Å²) < 4.78 is 5.13. The maximum absolute atomic E-state index is 9.76. The fourth-order valence-corrected chi connectivity index (χ4v) is 2.05. The van der Waals surface area contributed by atoms with Crippen molar-refractivity contribution in [2.75, 3.05) is 6.61 Å². The van der Waals surface area contributed by atoms with Gasteiger partial charge in [-0.05, 0) is 6.92 Å². The minimum Gasteiger partial charge on any atom is -0.368 e. The van der Waals surface area contributed by atoms with Crippen LogP contribution in [0.4, 0.5) is 0 Å². The molecule has 0 aliphatic rings. The molecule has 2 aromatic rings. The van der Waals surface area contributed by atoms with Crippen LogP contribution in [0.2, 0.25) is 5.15 Å². The maximum Gasteiger partial charge on any atom is 0.158 e. The molecule has 1 heterocycles. The highest BCUT2D eigenvalue weighted by Crippen LogP contribution is 2.26. The topological polar surface area (TPSA) is 55.2 Å². The second-order valence-electron chi connectivity index (χ2n) is 3.97. The molecule has 100 valence electrons. The standard InChI is InChI=1S/C14H15ClN2O2/c1-2-19-12(18)8-11-13(16-9-17-14(11)15)10-6-4-3-5-7-10/h3-7,9,12,18H,2,8H2,1H3. The predicted molar refractivity (Wildman–Crippen MR) is 73.8 cm³/mol. The summed E-state index contributed by atoms with van der Waals surface area (Å²) in [4.78, 5) is 8.23. The van der Waals surface area contributed by atoms with Crippen molar-refractivity contribution in [1.82, 2.24) is 9.97 Å². The lowest BCUT2D eigenvalue weighted by atomic mass is 10.0. The summed E-state index contributed by atoms with van der Waals surface area (Å²) in [7, 11) is 0. The zero-order valence-electron chi connectivity index (χ0n) is 10.6. The van der Waals surface area contributed by atoms with Crippen LogP contribution in [0.5, 0.6) is 0 Å². The number of ether oxygens (including phenoxy) is 1. The third-order valence-corrected chi connectivity index (χ3v) is 3.00. The molecule has 2 rings (SSSR count). The first-order chi connectivity index (χ1) is 9.22. The molecule has 0 amide bonds. The molecular weight excluding hydrogens is 264 g/mol. The predicted octanol–water partition coefficient (Wildman–Crippen LogP) is 2.69. The molecule has 0 saturated heterocycles. The number of benzene rings is 1. The van der Waals surface area contributed by atoms with E-state index in [4.69, 9.17) is 16.3 Å². The average molecular weight is 279 g/mol. The van der Waals surface area contributed by atoms with Gasteiger partial charge in [-0.2, -0.15) is 0 Å². The Morgan fingerprint density at radius 3 is 2.68 bits per heavy atom. The zero-order valence-corrected chi connectivity index (χ0v) is 11.3. The average Bonchev–Trinajstić information content (AvgIpc) is 2.42. The van der Waals surface area contributed by atoms with Crippen molar-refractivity contribution in [3.63, 3.8) is 0 Å². The van der Waals surface area contributed by atoms with Gasteiger partial charge in [0.05, 0.1) is 5.69 Å². The fourth-order valence-electron chi connectivity index (χ4n) is 1.84. The molecule has 1 aromatic carbocycles. The lowest BCUT2D eigenvalue weighted by Crippen LogP contribution is -2.16. The van der Waals surface area contributed by atoms with Crippen LogP contribution >= 0.6 is 11.6 Å². The number of rotatable bonds is 5. The Balaban J connectivity index is 2.36. The normalized spacial score (nSPS) is 12.4. The molecule has 0 bridgehead atoms. The van der Waals surface area contributed by atoms with Crippen molar-refractivity contribution in [1.29, 1.82) is 0 Å². The summed E-state index contributed by atoms with van der Waals surface area (Å²) in [5, 5.41) is 10.1. The Bertz CT molecular complexity index is 534. The van der Waals surface area contributed by atoms with Crippen LogP contribution in [-0.4, -0.2) is 28.0 Å². The summed E-state index contributed by atoms with van der Waals surface area (Å²) >= 11 is 6.11. The van der Waals surface area contributed by atoms with Crippen molar-refractivity contribution in [3.8, 4) is 11.3 Å². The molecule has 0 spiro atoms. The molecule has 19 heavy (non-hydrogen) atoms. The highest BCUT2D eigenvalue weighted by molar-refractivity contribution is 6.30. The molecule has 0 aliphatic carbocycles. The summed E-state index contributed by atoms with van der Waals surface area (Å²) in [6.45, 7) is 2.26. The third-order valence-electron chi connectivity index (χ3n) is 2.68. The number of aromatic nitrogens is 2. The second-order valence-corrected chi connectivity index (χ2v) is 4.33. The largest absolute Gasteiger partial charge is 0.368 e. The summed E-state index contributed by atoms with van der Waals surface area (Å²) in [6.07, 6.45) is 0.773. The molecule has 1 N–H and O–H groups in total. The number of halogens is 1. The van der Waals surface area contributed by atoms with Gasteiger partial charge in [-0.25, -0.2) is 9.97 Å². The van der Waals surface area contributed by atoms with Gasteiger partial charge in [-0.15, -0.1) is 0 Å². The van der Waals surface area contributed by atoms with Gasteiger partial charge < -0.3 is 9.84 Å². The Morgan fingerprint density at radius 1 is 1.26 bits per heavy atom. The van der Waals surface area contributed by atoms with Crippen LogP contribution < -0.4 is 0 Å². The lowest BCUT2D eigenvalue weighted by molar-refractivity contribution is -0.0927. The molecule has 0 radical (unpaired) electrons. The molecule has 0 saturated carbocycles. The molecular formula is C14H15ClN2O2. The van der Waals surface area contributed by atoms with Crippen LogP contribution in [0, 0.1) is 0 Å². The molecule has 0 aliphatic heterocycles. The third kappa shape index (κ3) is 3.50. The maximum atomic E-state index is 9.76. The molecule has 5 heteroatoms. The molecule has 0 fully saturated rings. The van der Waals surface area contributed by atoms with E-state index in [1.54, 1.807) is 0 Å². The van der Waals surface area contributed by atoms with E-state index >= 15 is 0 Å². The zero-order chi connectivity index (χ0) is 13.7. The van der Waals surface area contributed by atoms with E-state index in [-0.39, 0.29) is 6.42 Å². The molecule has 4 nitrogen and oxygen atoms in total. The molecule has 1 atom stereocenters. The summed E-state index contributed by atoms with van der Waals surface area (Å²) in [5.41, 5.74) is 2.35. The number of nitrogens with zero attached hydrogens (tertiary/aromatic N) is 2. The van der Waals surface area contributed by atoms with Gasteiger partial charge in [0.1, 0.15) is 11.5 Å². The molecule has 1 aromatic heterocycles. The molecule has 1 unspecified atom stereocenters. The Morgan fingerprint density at radius 2 is 2.00 bits per heavy atom. The van der Waals surface area contributed by atoms with E-state index in [9.17, 15) is 5.11 Å². The van der Waals surface area contributed by atoms with Gasteiger partial charge in [-0.3, -0.25) is 0 Å². The number of aliphatic hydroxyl groups excluding tert-OH is 1. The van der Waals surface area contributed by atoms with Gasteiger partial charge >= 0.3 is 0 Å². The SMILES string of the molecule is CCOC(O)Cc1c(Cl)ncnc1-c1ccccc1. The van der Waals surface area contributed by atoms with Gasteiger partial charge in [0.25, 0.3) is 0 Å². The minimum atomic E-state index is -0.907. The number of hydrogen-bond donors (Lipinski definition) is 1. The van der Waals surface area contributed by atoms with Crippen LogP contribution in [0.1, 0.15) is 12.5 Å². The van der Waals surface area contributed by atoms with Crippen LogP contribution in [0.25, 0.3) is 11.3 Å². The van der Waals surface area contributed by atoms with Crippen LogP contribution in [-0.2, 0) is 11.2 Å². The number of aliphatic hydroxyl groups is 1. The Labute approximate surface area is 117 Å². The van der Waals surface area contributed by atoms with Crippen molar-refractivity contribution >= 4 is 11.6 Å². The van der Waals surface area contributed by atoms with Crippen molar-refractivity contribution < 1.29 is 9.84 Å². The van der Waals surface area contributed by atoms with E-state index in [1.807, 2.05) is 37.3 Å². The smallest absolute Gasteiger partial charge is 0.158 e. The van der Waals surface area contributed by atoms with Gasteiger partial charge in [0.15, 0.2) is 6.29 Å². The van der Waals surface area contributed by atoms with E-state index in [0.29, 0.717) is 17.3 Å². The minimum absolute atomic E-state index is 0.262. The monoisotopic (exact) mass is 278 g/mol. The summed E-state index contributed by atoms with van der Waals surface area (Å²) in [5.74, 6) is 0. The Kier molecular flexibility index (Phi) is 4.85. The van der Waals surface area contributed by atoms with Crippen molar-refractivity contribution in [2.24, 2.45) is 0 Å². The highest BCUT2D eigenvalue weighted by atomic mass is 35.5. The van der Waals surface area contributed by atoms with Crippen LogP contribution in [0.15, 0.2) is 36.7 Å². The Hall–Kier alpha value is -1.49. The summed E-state index contributed by atoms with van der Waals surface area (Å²) in [6, 6.07) is 9.66. The first-order valence-electron chi connectivity index (χ1n) is 6.06. The van der Waals surface area contributed by atoms with Gasteiger partial charge in [0.2, 0.25) is 0 Å². The van der Waals surface area contributed by atoms with Crippen molar-refractivity contribution in [2.45, 2.75) is 19.6 Å². The quantitative estimate of drug-likeness (QED) is 0.675. The van der Waals surface area contributed by atoms with E-state index in [2.05, 4.69) is 9.97 Å². The second kappa shape index (κ2) is 6.61.